The number of likely N-dealkylation sites (N-methyl/N-ethyl adjacent to an activating group) is 1. The molecule has 0 unspecified atom stereocenters. The molecule has 1 aliphatic heterocycles. The number of amides is 5. The molecule has 0 radical (unpaired) electrons. The van der Waals surface area contributed by atoms with Crippen LogP contribution in [0.4, 0.5) is 27.5 Å². The first-order chi connectivity index (χ1) is 42.8. The number of ether oxygens (including phenoxy) is 6. The zero-order valence-corrected chi connectivity index (χ0v) is 51.8. The number of aryl methyl sites for hydroxylation is 1. The highest BCUT2D eigenvalue weighted by atomic mass is 32.1. The number of β-amino-alcohol motifs (C(OH)–C–C–N with tert-alkyl or cyclic N) is 1. The number of methoxy groups -OCH3 is 1. The van der Waals surface area contributed by atoms with Crippen molar-refractivity contribution in [1.82, 2.24) is 50.3 Å². The molecule has 1 aliphatic rings. The first-order valence-corrected chi connectivity index (χ1v) is 30.0. The Morgan fingerprint density at radius 1 is 0.854 bits per heavy atom. The number of aliphatic hydroxyl groups excluding tert-OH is 1. The number of aromatic nitrogens is 5. The van der Waals surface area contributed by atoms with Crippen LogP contribution >= 0.6 is 11.3 Å². The van der Waals surface area contributed by atoms with Crippen molar-refractivity contribution in [2.24, 2.45) is 5.41 Å². The molecule has 7 N–H and O–H groups in total. The third kappa shape index (κ3) is 17.9. The molecule has 0 saturated carbocycles. The maximum absolute atomic E-state index is 14.8. The van der Waals surface area contributed by atoms with Gasteiger partial charge in [-0.05, 0) is 59.9 Å². The lowest BCUT2D eigenvalue weighted by molar-refractivity contribution is -0.144. The molecule has 5 heterocycles. The third-order valence-electron chi connectivity index (χ3n) is 14.6. The number of halogens is 1. The van der Waals surface area contributed by atoms with E-state index in [0.29, 0.717) is 59.8 Å². The standard InChI is InChI=1S/C62H77FN12O13S/c1-38-54(89-37-67-38)40-13-11-39(12-14-40)34-66-58(80)48-32-42(76)35-75(48)60(82)55(62(2,3)4)70-50(77)17-21-84-23-25-86-27-29-88-30-28-87-26-24-85-22-18-51(78)73(6)36-52(79)74-20-16-41-31-49(83-7)46(33-47(41)74)69-61-71-56-43(15-19-65-56)57(72-61)68-45-10-8-9-44(63)53(45)59(81)64-5/h8-16,19-20,31,33,37,42,48,55,76H,17-18,21-30,32,34-36H2,1-7H3,(H,64,81)(H,66,80)(H,70,77)(H3,65,68,69,71,72)/t42-,48+,55-/m1/s1. The Bertz CT molecular complexity index is 3570. The van der Waals surface area contributed by atoms with Crippen molar-refractivity contribution in [2.75, 3.05) is 111 Å². The Morgan fingerprint density at radius 3 is 2.17 bits per heavy atom. The van der Waals surface area contributed by atoms with Gasteiger partial charge < -0.3 is 74.9 Å². The fourth-order valence-corrected chi connectivity index (χ4v) is 10.7. The third-order valence-corrected chi connectivity index (χ3v) is 15.6. The van der Waals surface area contributed by atoms with E-state index in [1.54, 1.807) is 66.6 Å². The van der Waals surface area contributed by atoms with E-state index in [1.165, 1.54) is 40.7 Å². The summed E-state index contributed by atoms with van der Waals surface area (Å²) in [7, 11) is 4.46. The number of H-pyrrole nitrogens is 1. The summed E-state index contributed by atoms with van der Waals surface area (Å²) >= 11 is 1.56. The number of aromatic amines is 1. The minimum absolute atomic E-state index is 0.00475. The average Bonchev–Trinajstić information content (AvgIpc) is 2.50. The normalized spacial score (nSPS) is 14.4. The lowest BCUT2D eigenvalue weighted by atomic mass is 9.85. The second-order valence-corrected chi connectivity index (χ2v) is 22.9. The molecular weight excluding hydrogens is 1170 g/mol. The quantitative estimate of drug-likeness (QED) is 0.0234. The Kier molecular flexibility index (Phi) is 23.7. The van der Waals surface area contributed by atoms with E-state index in [1.807, 2.05) is 52.0 Å². The molecule has 5 amide bonds. The van der Waals surface area contributed by atoms with Gasteiger partial charge in [-0.2, -0.15) is 9.97 Å². The number of nitrogens with zero attached hydrogens (tertiary/aromatic N) is 6. The van der Waals surface area contributed by atoms with Crippen molar-refractivity contribution in [2.45, 2.75) is 71.7 Å². The molecule has 0 spiro atoms. The maximum atomic E-state index is 14.8. The Balaban J connectivity index is 0.662. The van der Waals surface area contributed by atoms with Crippen LogP contribution in [0.15, 0.2) is 84.6 Å². The van der Waals surface area contributed by atoms with Crippen LogP contribution in [-0.2, 0) is 49.4 Å². The molecule has 3 atom stereocenters. The molecule has 27 heteroatoms. The number of hydrogen-bond donors (Lipinski definition) is 7. The van der Waals surface area contributed by atoms with Gasteiger partial charge >= 0.3 is 0 Å². The predicted octanol–water partition coefficient (Wildman–Crippen LogP) is 6.11. The molecule has 3 aromatic carbocycles. The Morgan fingerprint density at radius 2 is 1.53 bits per heavy atom. The van der Waals surface area contributed by atoms with E-state index in [9.17, 15) is 38.3 Å². The number of aliphatic hydroxyl groups is 1. The molecule has 4 aromatic heterocycles. The van der Waals surface area contributed by atoms with Crippen molar-refractivity contribution >= 4 is 91.9 Å². The zero-order valence-electron chi connectivity index (χ0n) is 50.9. The number of fused-ring (bicyclic) bond motifs is 2. The highest BCUT2D eigenvalue weighted by Gasteiger charge is 2.44. The van der Waals surface area contributed by atoms with Crippen LogP contribution < -0.4 is 31.3 Å². The van der Waals surface area contributed by atoms with Gasteiger partial charge in [0.1, 0.15) is 41.7 Å². The lowest BCUT2D eigenvalue weighted by Crippen LogP contribution is -2.57. The van der Waals surface area contributed by atoms with Crippen LogP contribution in [0.3, 0.4) is 0 Å². The van der Waals surface area contributed by atoms with Crippen molar-refractivity contribution in [3.05, 3.63) is 107 Å². The SMILES string of the molecule is CNC(=O)c1c(F)cccc1Nc1nc(Nc2cc3c(ccn3C(=O)CN(C)C(=O)CCOCCOCCOCCOCCOCCC(=O)N[C@H](C(=O)N3C[C@H](O)C[C@H]3C(=O)NCc3ccc(-c4scnc4C)cc3)C(C)(C)C)cc2OC)nc2[nH]ccc12. The molecular formula is C62H77FN12O13S. The van der Waals surface area contributed by atoms with Crippen molar-refractivity contribution in [1.29, 1.82) is 0 Å². The van der Waals surface area contributed by atoms with Gasteiger partial charge in [0.05, 0.1) is 130 Å². The molecule has 1 fully saturated rings. The smallest absolute Gasteiger partial charge is 0.256 e. The summed E-state index contributed by atoms with van der Waals surface area (Å²) in [5.74, 6) is -2.36. The molecule has 8 rings (SSSR count). The summed E-state index contributed by atoms with van der Waals surface area (Å²) in [4.78, 5) is 100. The predicted molar refractivity (Wildman–Crippen MR) is 332 cm³/mol. The van der Waals surface area contributed by atoms with Gasteiger partial charge in [0.2, 0.25) is 29.6 Å². The van der Waals surface area contributed by atoms with E-state index in [-0.39, 0.29) is 119 Å². The molecule has 476 valence electrons. The van der Waals surface area contributed by atoms with Crippen LogP contribution in [0, 0.1) is 18.2 Å². The summed E-state index contributed by atoms with van der Waals surface area (Å²) in [5.41, 5.74) is 5.38. The highest BCUT2D eigenvalue weighted by Crippen LogP contribution is 2.35. The summed E-state index contributed by atoms with van der Waals surface area (Å²) in [6.07, 6.45) is 2.53. The number of likely N-dealkylation sites (tertiary alicyclic amines) is 1. The minimum atomic E-state index is -0.957. The summed E-state index contributed by atoms with van der Waals surface area (Å²) in [6, 6.07) is 17.2. The largest absolute Gasteiger partial charge is 0.495 e. The van der Waals surface area contributed by atoms with Gasteiger partial charge in [-0.25, -0.2) is 9.37 Å². The van der Waals surface area contributed by atoms with Crippen molar-refractivity contribution in [3.63, 3.8) is 0 Å². The maximum Gasteiger partial charge on any atom is 0.256 e. The van der Waals surface area contributed by atoms with Gasteiger partial charge in [-0.1, -0.05) is 51.1 Å². The van der Waals surface area contributed by atoms with Gasteiger partial charge in [0.25, 0.3) is 11.8 Å². The van der Waals surface area contributed by atoms with Gasteiger partial charge in [-0.3, -0.25) is 33.3 Å². The molecule has 0 aliphatic carbocycles. The number of carbonyl (C=O) groups is 6. The summed E-state index contributed by atoms with van der Waals surface area (Å²) < 4.78 is 49.9. The molecule has 0 bridgehead atoms. The van der Waals surface area contributed by atoms with Gasteiger partial charge in [0, 0.05) is 57.8 Å². The van der Waals surface area contributed by atoms with Gasteiger partial charge in [0.15, 0.2) is 0 Å². The molecule has 1 saturated heterocycles. The van der Waals surface area contributed by atoms with Crippen LogP contribution in [-0.4, -0.2) is 193 Å². The fraction of sp³-hybridized carbons (Fsp3) is 0.435. The van der Waals surface area contributed by atoms with Crippen LogP contribution in [0.2, 0.25) is 0 Å². The topological polar surface area (TPSA) is 304 Å². The molecule has 7 aromatic rings. The monoisotopic (exact) mass is 1250 g/mol. The first kappa shape index (κ1) is 66.5. The number of thiazole rings is 1. The van der Waals surface area contributed by atoms with Crippen LogP contribution in [0.25, 0.3) is 32.4 Å². The fourth-order valence-electron chi connectivity index (χ4n) is 9.85. The number of rotatable bonds is 32. The van der Waals surface area contributed by atoms with Crippen LogP contribution in [0.5, 0.6) is 5.75 Å². The van der Waals surface area contributed by atoms with Crippen molar-refractivity contribution in [3.8, 4) is 16.2 Å². The van der Waals surface area contributed by atoms with Crippen LogP contribution in [0.1, 0.15) is 66.4 Å². The van der Waals surface area contributed by atoms with E-state index >= 15 is 0 Å². The second-order valence-electron chi connectivity index (χ2n) is 22.1. The Labute approximate surface area is 518 Å². The first-order valence-electron chi connectivity index (χ1n) is 29.1. The molecule has 89 heavy (non-hydrogen) atoms. The Hall–Kier alpha value is -8.44. The summed E-state index contributed by atoms with van der Waals surface area (Å²) in [5, 5.41) is 26.3. The minimum Gasteiger partial charge on any atom is -0.495 e. The van der Waals surface area contributed by atoms with Gasteiger partial charge in [-0.15, -0.1) is 11.3 Å². The number of benzene rings is 3. The van der Waals surface area contributed by atoms with E-state index in [4.69, 9.17) is 28.4 Å². The number of hydrogen-bond acceptors (Lipinski definition) is 19. The van der Waals surface area contributed by atoms with E-state index in [0.717, 1.165) is 21.7 Å². The zero-order chi connectivity index (χ0) is 63.6. The number of carbonyl (C=O) groups excluding carboxylic acids is 6. The number of anilines is 4. The van der Waals surface area contributed by atoms with Crippen molar-refractivity contribution < 1.29 is 66.7 Å². The highest BCUT2D eigenvalue weighted by molar-refractivity contribution is 7.13. The second kappa shape index (κ2) is 31.6. The van der Waals surface area contributed by atoms with E-state index < -0.39 is 47.1 Å². The number of nitrogens with one attached hydrogen (secondary N) is 6. The average molecular weight is 1250 g/mol. The lowest BCUT2D eigenvalue weighted by Gasteiger charge is -2.35. The molecule has 25 nitrogen and oxygen atoms in total. The van der Waals surface area contributed by atoms with E-state index in [2.05, 4.69) is 46.5 Å². The summed E-state index contributed by atoms with van der Waals surface area (Å²) in [6.45, 7) is 9.96.